The molecule has 1 fully saturated rings. The lowest BCUT2D eigenvalue weighted by Gasteiger charge is -2.30. The normalized spacial score (nSPS) is 21.6. The van der Waals surface area contributed by atoms with Crippen molar-refractivity contribution in [2.45, 2.75) is 33.6 Å². The van der Waals surface area contributed by atoms with Crippen LogP contribution in [0.25, 0.3) is 6.08 Å². The predicted molar refractivity (Wildman–Crippen MR) is 116 cm³/mol. The molecule has 3 heteroatoms. The topological polar surface area (TPSA) is 38.7 Å². The first kappa shape index (κ1) is 20.1. The van der Waals surface area contributed by atoms with E-state index < -0.39 is 0 Å². The number of ether oxygens (including phenoxy) is 1. The highest BCUT2D eigenvalue weighted by Gasteiger charge is 2.32. The number of carbonyl (C=O) groups excluding carboxylic acids is 1. The molecule has 1 saturated carbocycles. The molecule has 2 atom stereocenters. The monoisotopic (exact) mass is 375 g/mol. The van der Waals surface area contributed by atoms with E-state index in [0.29, 0.717) is 17.6 Å². The SMILES string of the molecule is COc1ccc(C=Nc2ccc(C=C3C(=O)[C@H](C(C)C)CC[C@@H]3C)cc2)cc1. The summed E-state index contributed by atoms with van der Waals surface area (Å²) in [6.45, 7) is 6.45. The van der Waals surface area contributed by atoms with Crippen LogP contribution >= 0.6 is 0 Å². The summed E-state index contributed by atoms with van der Waals surface area (Å²) in [5.41, 5.74) is 3.94. The number of Topliss-reactive ketones (excluding diaryl/α,β-unsaturated/α-hetero) is 1. The largest absolute Gasteiger partial charge is 0.497 e. The fourth-order valence-electron chi connectivity index (χ4n) is 3.70. The molecule has 2 aromatic rings. The van der Waals surface area contributed by atoms with Gasteiger partial charge in [0.15, 0.2) is 5.78 Å². The minimum absolute atomic E-state index is 0.163. The van der Waals surface area contributed by atoms with Crippen LogP contribution in [-0.4, -0.2) is 19.1 Å². The number of aliphatic imine (C=N–C) groups is 1. The van der Waals surface area contributed by atoms with Gasteiger partial charge in [-0.3, -0.25) is 9.79 Å². The van der Waals surface area contributed by atoms with Crippen molar-refractivity contribution in [2.24, 2.45) is 22.7 Å². The van der Waals surface area contributed by atoms with Crippen LogP contribution in [0.3, 0.4) is 0 Å². The summed E-state index contributed by atoms with van der Waals surface area (Å²) in [4.78, 5) is 17.4. The van der Waals surface area contributed by atoms with E-state index in [2.05, 4.69) is 31.8 Å². The number of methoxy groups -OCH3 is 1. The highest BCUT2D eigenvalue weighted by Crippen LogP contribution is 2.35. The smallest absolute Gasteiger partial charge is 0.162 e. The average molecular weight is 376 g/mol. The molecular weight excluding hydrogens is 346 g/mol. The first-order chi connectivity index (χ1) is 13.5. The fraction of sp³-hybridized carbons (Fsp3) is 0.360. The van der Waals surface area contributed by atoms with Gasteiger partial charge in [0, 0.05) is 12.1 Å². The molecule has 0 bridgehead atoms. The van der Waals surface area contributed by atoms with Gasteiger partial charge in [0.1, 0.15) is 5.75 Å². The Morgan fingerprint density at radius 3 is 2.25 bits per heavy atom. The van der Waals surface area contributed by atoms with Crippen LogP contribution in [0.1, 0.15) is 44.7 Å². The predicted octanol–water partition coefficient (Wildman–Crippen LogP) is 6.10. The van der Waals surface area contributed by atoms with E-state index in [1.54, 1.807) is 7.11 Å². The lowest BCUT2D eigenvalue weighted by Crippen LogP contribution is -2.30. The molecule has 0 spiro atoms. The molecule has 3 nitrogen and oxygen atoms in total. The summed E-state index contributed by atoms with van der Waals surface area (Å²) < 4.78 is 5.17. The Morgan fingerprint density at radius 2 is 1.64 bits per heavy atom. The molecule has 146 valence electrons. The van der Waals surface area contributed by atoms with Crippen molar-refractivity contribution in [3.63, 3.8) is 0 Å². The number of hydrogen-bond donors (Lipinski definition) is 0. The number of benzene rings is 2. The van der Waals surface area contributed by atoms with E-state index in [9.17, 15) is 4.79 Å². The van der Waals surface area contributed by atoms with Crippen LogP contribution in [-0.2, 0) is 4.79 Å². The quantitative estimate of drug-likeness (QED) is 0.468. The number of carbonyl (C=O) groups is 1. The third-order valence-electron chi connectivity index (χ3n) is 5.56. The zero-order chi connectivity index (χ0) is 20.1. The van der Waals surface area contributed by atoms with Gasteiger partial charge < -0.3 is 4.74 Å². The maximum atomic E-state index is 12.9. The lowest BCUT2D eigenvalue weighted by atomic mass is 9.73. The first-order valence-electron chi connectivity index (χ1n) is 10.0. The molecule has 0 aliphatic heterocycles. The van der Waals surface area contributed by atoms with E-state index in [-0.39, 0.29) is 5.92 Å². The number of ketones is 1. The Labute approximate surface area is 168 Å². The van der Waals surface area contributed by atoms with Crippen molar-refractivity contribution in [1.29, 1.82) is 0 Å². The fourth-order valence-corrected chi connectivity index (χ4v) is 3.70. The highest BCUT2D eigenvalue weighted by molar-refractivity contribution is 6.02. The van der Waals surface area contributed by atoms with E-state index in [4.69, 9.17) is 4.74 Å². The van der Waals surface area contributed by atoms with E-state index in [0.717, 1.165) is 41.0 Å². The molecule has 2 aromatic carbocycles. The van der Waals surface area contributed by atoms with Gasteiger partial charge in [-0.05, 0) is 83.9 Å². The minimum Gasteiger partial charge on any atom is -0.497 e. The Morgan fingerprint density at radius 1 is 1.00 bits per heavy atom. The Balaban J connectivity index is 1.73. The van der Waals surface area contributed by atoms with Gasteiger partial charge >= 0.3 is 0 Å². The molecule has 0 N–H and O–H groups in total. The maximum Gasteiger partial charge on any atom is 0.162 e. The molecule has 3 rings (SSSR count). The van der Waals surface area contributed by atoms with Gasteiger partial charge in [-0.25, -0.2) is 0 Å². The van der Waals surface area contributed by atoms with Crippen LogP contribution in [0.15, 0.2) is 59.1 Å². The number of allylic oxidation sites excluding steroid dienone is 1. The van der Waals surface area contributed by atoms with Crippen molar-refractivity contribution in [3.8, 4) is 5.75 Å². The van der Waals surface area contributed by atoms with Crippen molar-refractivity contribution in [2.75, 3.05) is 7.11 Å². The number of nitrogens with zero attached hydrogens (tertiary/aromatic N) is 1. The second kappa shape index (κ2) is 9.01. The first-order valence-corrected chi connectivity index (χ1v) is 10.0. The van der Waals surface area contributed by atoms with Gasteiger partial charge in [0.25, 0.3) is 0 Å². The summed E-state index contributed by atoms with van der Waals surface area (Å²) in [7, 11) is 1.66. The molecular formula is C25H29NO2. The highest BCUT2D eigenvalue weighted by atomic mass is 16.5. The molecule has 0 heterocycles. The number of rotatable bonds is 5. The zero-order valence-corrected chi connectivity index (χ0v) is 17.2. The Hall–Kier alpha value is -2.68. The van der Waals surface area contributed by atoms with Crippen molar-refractivity contribution >= 4 is 23.8 Å². The van der Waals surface area contributed by atoms with Crippen LogP contribution in [0.4, 0.5) is 5.69 Å². The van der Waals surface area contributed by atoms with Crippen LogP contribution in [0.5, 0.6) is 5.75 Å². The standard InChI is InChI=1S/C25H29NO2/c1-17(2)23-14-5-18(3)24(25(23)27)15-19-6-10-21(11-7-19)26-16-20-8-12-22(28-4)13-9-20/h6-13,15-18,23H,5,14H2,1-4H3/t18-,23-/m0/s1. The molecule has 0 unspecified atom stereocenters. The number of hydrogen-bond acceptors (Lipinski definition) is 3. The summed E-state index contributed by atoms with van der Waals surface area (Å²) >= 11 is 0. The summed E-state index contributed by atoms with van der Waals surface area (Å²) in [6, 6.07) is 15.8. The van der Waals surface area contributed by atoms with E-state index >= 15 is 0 Å². The molecule has 0 saturated heterocycles. The van der Waals surface area contributed by atoms with Gasteiger partial charge in [0.05, 0.1) is 12.8 Å². The summed E-state index contributed by atoms with van der Waals surface area (Å²) in [5.74, 6) is 2.06. The summed E-state index contributed by atoms with van der Waals surface area (Å²) in [6.07, 6.45) is 6.00. The Bertz CT molecular complexity index is 860. The molecule has 1 aliphatic carbocycles. The third kappa shape index (κ3) is 4.78. The van der Waals surface area contributed by atoms with Gasteiger partial charge in [-0.15, -0.1) is 0 Å². The molecule has 1 aliphatic rings. The maximum absolute atomic E-state index is 12.9. The van der Waals surface area contributed by atoms with E-state index in [1.807, 2.05) is 54.7 Å². The zero-order valence-electron chi connectivity index (χ0n) is 17.2. The molecule has 0 amide bonds. The second-order valence-corrected chi connectivity index (χ2v) is 7.92. The van der Waals surface area contributed by atoms with Crippen molar-refractivity contribution < 1.29 is 9.53 Å². The van der Waals surface area contributed by atoms with Crippen LogP contribution in [0.2, 0.25) is 0 Å². The Kier molecular flexibility index (Phi) is 6.45. The van der Waals surface area contributed by atoms with Gasteiger partial charge in [0.2, 0.25) is 0 Å². The third-order valence-corrected chi connectivity index (χ3v) is 5.56. The molecule has 28 heavy (non-hydrogen) atoms. The van der Waals surface area contributed by atoms with Gasteiger partial charge in [-0.2, -0.15) is 0 Å². The summed E-state index contributed by atoms with van der Waals surface area (Å²) in [5, 5.41) is 0. The van der Waals surface area contributed by atoms with Crippen molar-refractivity contribution in [3.05, 3.63) is 65.2 Å². The lowest BCUT2D eigenvalue weighted by molar-refractivity contribution is -0.122. The molecule has 0 radical (unpaired) electrons. The average Bonchev–Trinajstić information content (AvgIpc) is 2.70. The van der Waals surface area contributed by atoms with E-state index in [1.165, 1.54) is 0 Å². The van der Waals surface area contributed by atoms with Crippen LogP contribution in [0, 0.1) is 17.8 Å². The van der Waals surface area contributed by atoms with Crippen molar-refractivity contribution in [1.82, 2.24) is 0 Å². The van der Waals surface area contributed by atoms with Crippen LogP contribution < -0.4 is 4.74 Å². The second-order valence-electron chi connectivity index (χ2n) is 7.92. The van der Waals surface area contributed by atoms with Gasteiger partial charge in [-0.1, -0.05) is 32.9 Å². The molecule has 0 aromatic heterocycles. The minimum atomic E-state index is 0.163.